The number of fused-ring (bicyclic) bond motifs is 1. The summed E-state index contributed by atoms with van der Waals surface area (Å²) in [4.78, 5) is 3.95. The van der Waals surface area contributed by atoms with Crippen molar-refractivity contribution in [1.29, 1.82) is 0 Å². The van der Waals surface area contributed by atoms with E-state index in [1.165, 1.54) is 6.39 Å². The number of nitrogens with one attached hydrogen (secondary N) is 2. The van der Waals surface area contributed by atoms with Gasteiger partial charge in [-0.3, -0.25) is 4.70 Å². The Balaban J connectivity index is 0.000000162. The van der Waals surface area contributed by atoms with Crippen LogP contribution in [-0.2, 0) is 0 Å². The fourth-order valence-electron chi connectivity index (χ4n) is 1.41. The number of hydrogen-bond acceptors (Lipinski definition) is 4. The summed E-state index contributed by atoms with van der Waals surface area (Å²) in [6, 6.07) is 7.67. The molecule has 1 saturated heterocycles. The highest BCUT2D eigenvalue weighted by molar-refractivity contribution is 5.71. The molecule has 1 aliphatic heterocycles. The third-order valence-corrected chi connectivity index (χ3v) is 2.19. The van der Waals surface area contributed by atoms with E-state index in [0.29, 0.717) is 0 Å². The van der Waals surface area contributed by atoms with Gasteiger partial charge in [0.2, 0.25) is 0 Å². The van der Waals surface area contributed by atoms with E-state index in [-0.39, 0.29) is 4.70 Å². The lowest BCUT2D eigenvalue weighted by Gasteiger charge is -2.11. The van der Waals surface area contributed by atoms with Gasteiger partial charge >= 0.3 is 0 Å². The van der Waals surface area contributed by atoms with E-state index < -0.39 is 0 Å². The summed E-state index contributed by atoms with van der Waals surface area (Å²) in [5, 5.41) is 6.44. The third kappa shape index (κ3) is 3.60. The van der Waals surface area contributed by atoms with E-state index >= 15 is 0 Å². The number of aromatic nitrogens is 1. The molecule has 0 bridgehead atoms. The average molecular weight is 225 g/mol. The number of para-hydroxylation sites is 2. The topological polar surface area (TPSA) is 50.1 Å². The van der Waals surface area contributed by atoms with E-state index in [1.54, 1.807) is 0 Å². The van der Waals surface area contributed by atoms with Crippen molar-refractivity contribution < 1.29 is 9.12 Å². The first-order chi connectivity index (χ1) is 7.47. The predicted octanol–water partition coefficient (Wildman–Crippen LogP) is 1.16. The fourth-order valence-corrected chi connectivity index (χ4v) is 1.41. The van der Waals surface area contributed by atoms with Crippen LogP contribution in [0.5, 0.6) is 0 Å². The van der Waals surface area contributed by atoms with Crippen LogP contribution in [0.15, 0.2) is 35.1 Å². The molecule has 0 amide bonds. The minimum absolute atomic E-state index is 0. The molecule has 3 rings (SSSR count). The van der Waals surface area contributed by atoms with Crippen LogP contribution in [0.1, 0.15) is 0 Å². The van der Waals surface area contributed by atoms with Gasteiger partial charge in [0.1, 0.15) is 5.52 Å². The third-order valence-electron chi connectivity index (χ3n) is 2.19. The van der Waals surface area contributed by atoms with Crippen molar-refractivity contribution in [3.63, 3.8) is 0 Å². The quantitative estimate of drug-likeness (QED) is 0.706. The maximum absolute atomic E-state index is 5.01. The number of piperazine rings is 1. The smallest absolute Gasteiger partial charge is 0.181 e. The molecule has 0 unspecified atom stereocenters. The van der Waals surface area contributed by atoms with Crippen LogP contribution in [-0.4, -0.2) is 31.2 Å². The second-order valence-electron chi connectivity index (χ2n) is 3.32. The first kappa shape index (κ1) is 12.6. The Morgan fingerprint density at radius 2 is 1.62 bits per heavy atom. The van der Waals surface area contributed by atoms with E-state index in [9.17, 15) is 0 Å². The molecule has 1 aromatic carbocycles. The minimum atomic E-state index is 0. The van der Waals surface area contributed by atoms with Crippen LogP contribution >= 0.6 is 0 Å². The van der Waals surface area contributed by atoms with Crippen LogP contribution in [0.25, 0.3) is 11.1 Å². The Hall–Kier alpha value is -1.46. The molecule has 0 aliphatic carbocycles. The van der Waals surface area contributed by atoms with Crippen molar-refractivity contribution in [2.75, 3.05) is 26.2 Å². The summed E-state index contributed by atoms with van der Waals surface area (Å²) < 4.78 is 5.01. The van der Waals surface area contributed by atoms with Crippen LogP contribution in [0.2, 0.25) is 0 Å². The summed E-state index contributed by atoms with van der Waals surface area (Å²) in [6.07, 6.45) is 1.45. The predicted molar refractivity (Wildman–Crippen MR) is 62.3 cm³/mol. The Morgan fingerprint density at radius 1 is 1.00 bits per heavy atom. The molecule has 1 aromatic heterocycles. The Bertz CT molecular complexity index is 359. The second-order valence-corrected chi connectivity index (χ2v) is 3.32. The van der Waals surface area contributed by atoms with Gasteiger partial charge in [0.15, 0.2) is 12.0 Å². The van der Waals surface area contributed by atoms with Crippen molar-refractivity contribution in [2.24, 2.45) is 0 Å². The molecule has 0 atom stereocenters. The van der Waals surface area contributed by atoms with Crippen molar-refractivity contribution in [1.82, 2.24) is 15.6 Å². The lowest BCUT2D eigenvalue weighted by molar-refractivity contribution is 0.534. The number of hydrogen-bond donors (Lipinski definition) is 2. The van der Waals surface area contributed by atoms with Gasteiger partial charge in [-0.1, -0.05) is 12.1 Å². The van der Waals surface area contributed by atoms with Gasteiger partial charge < -0.3 is 15.1 Å². The zero-order chi connectivity index (χ0) is 10.3. The largest absolute Gasteiger partial charge is 0.443 e. The summed E-state index contributed by atoms with van der Waals surface area (Å²) >= 11 is 0. The van der Waals surface area contributed by atoms with Crippen LogP contribution < -0.4 is 10.6 Å². The van der Waals surface area contributed by atoms with Crippen LogP contribution in [0.3, 0.4) is 0 Å². The molecule has 1 fully saturated rings. The maximum Gasteiger partial charge on any atom is 0.181 e. The van der Waals surface area contributed by atoms with Gasteiger partial charge in [0.05, 0.1) is 0 Å². The molecule has 5 heteroatoms. The highest BCUT2D eigenvalue weighted by Crippen LogP contribution is 2.09. The van der Waals surface area contributed by atoms with E-state index in [1.807, 2.05) is 24.3 Å². The van der Waals surface area contributed by atoms with Crippen molar-refractivity contribution in [3.05, 3.63) is 30.7 Å². The van der Waals surface area contributed by atoms with Crippen molar-refractivity contribution in [3.8, 4) is 0 Å². The second kappa shape index (κ2) is 6.92. The van der Waals surface area contributed by atoms with Gasteiger partial charge in [-0.2, -0.15) is 0 Å². The van der Waals surface area contributed by atoms with E-state index in [0.717, 1.165) is 37.3 Å². The Labute approximate surface area is 93.4 Å². The summed E-state index contributed by atoms with van der Waals surface area (Å²) in [7, 11) is 0. The molecular formula is C11H16FN3O. The monoisotopic (exact) mass is 225 g/mol. The molecule has 0 spiro atoms. The van der Waals surface area contributed by atoms with Gasteiger partial charge in [-0.15, -0.1) is 0 Å². The maximum atomic E-state index is 5.01. The zero-order valence-electron chi connectivity index (χ0n) is 8.98. The molecule has 2 N–H and O–H groups in total. The van der Waals surface area contributed by atoms with Crippen LogP contribution in [0, 0.1) is 0 Å². The molecule has 0 saturated carbocycles. The lowest BCUT2D eigenvalue weighted by atomic mass is 10.3. The number of rotatable bonds is 0. The standard InChI is InChI=1S/C7H5NO.C4H10N2.FH/c1-2-4-7-6(3-1)8-5-9-7;1-2-6-4-3-5-1;/h1-5H;5-6H,1-4H2;1H. The average Bonchev–Trinajstić information content (AvgIpc) is 2.80. The van der Waals surface area contributed by atoms with Gasteiger partial charge in [0.25, 0.3) is 0 Å². The van der Waals surface area contributed by atoms with E-state index in [2.05, 4.69) is 15.6 Å². The van der Waals surface area contributed by atoms with Gasteiger partial charge in [0, 0.05) is 26.2 Å². The molecular weight excluding hydrogens is 209 g/mol. The first-order valence-corrected chi connectivity index (χ1v) is 5.16. The normalized spacial score (nSPS) is 14.8. The molecule has 4 nitrogen and oxygen atoms in total. The van der Waals surface area contributed by atoms with Crippen molar-refractivity contribution >= 4 is 11.1 Å². The summed E-state index contributed by atoms with van der Waals surface area (Å²) in [5.41, 5.74) is 1.76. The summed E-state index contributed by atoms with van der Waals surface area (Å²) in [5.74, 6) is 0. The Morgan fingerprint density at radius 3 is 2.19 bits per heavy atom. The zero-order valence-corrected chi connectivity index (χ0v) is 8.98. The van der Waals surface area contributed by atoms with Crippen molar-refractivity contribution in [2.45, 2.75) is 0 Å². The molecule has 0 radical (unpaired) electrons. The minimum Gasteiger partial charge on any atom is -0.443 e. The van der Waals surface area contributed by atoms with Gasteiger partial charge in [-0.25, -0.2) is 4.98 Å². The van der Waals surface area contributed by atoms with Gasteiger partial charge in [-0.05, 0) is 12.1 Å². The number of benzene rings is 1. The van der Waals surface area contributed by atoms with E-state index in [4.69, 9.17) is 4.42 Å². The lowest BCUT2D eigenvalue weighted by Crippen LogP contribution is -2.39. The highest BCUT2D eigenvalue weighted by Gasteiger charge is 1.92. The molecule has 2 heterocycles. The van der Waals surface area contributed by atoms with Crippen LogP contribution in [0.4, 0.5) is 4.70 Å². The molecule has 88 valence electrons. The number of nitrogens with zero attached hydrogens (tertiary/aromatic N) is 1. The molecule has 2 aromatic rings. The summed E-state index contributed by atoms with van der Waals surface area (Å²) in [6.45, 7) is 4.56. The highest BCUT2D eigenvalue weighted by atomic mass is 19.0. The molecule has 1 aliphatic rings. The SMILES string of the molecule is C1CNCCN1.F.c1ccc2ocnc2c1. The number of oxazole rings is 1. The first-order valence-electron chi connectivity index (χ1n) is 5.16. The fraction of sp³-hybridized carbons (Fsp3) is 0.364. The molecule has 16 heavy (non-hydrogen) atoms. The number of halogens is 1. The Kier molecular flexibility index (Phi) is 5.45.